The van der Waals surface area contributed by atoms with Gasteiger partial charge in [0.1, 0.15) is 11.5 Å². The molecule has 0 amide bonds. The molecule has 7 heteroatoms. The minimum absolute atomic E-state index is 0.607. The number of nitrogens with one attached hydrogen (secondary N) is 1. The van der Waals surface area contributed by atoms with E-state index in [0.717, 1.165) is 51.7 Å². The minimum Gasteiger partial charge on any atom is -0.370 e. The molecule has 124 valence electrons. The molecule has 0 bridgehead atoms. The van der Waals surface area contributed by atoms with E-state index >= 15 is 0 Å². The zero-order chi connectivity index (χ0) is 16.7. The van der Waals surface area contributed by atoms with E-state index in [1.807, 2.05) is 16.8 Å². The summed E-state index contributed by atoms with van der Waals surface area (Å²) in [5.41, 5.74) is 3.17. The minimum atomic E-state index is 0.607. The maximum Gasteiger partial charge on any atom is 0.133 e. The van der Waals surface area contributed by atoms with Gasteiger partial charge in [0, 0.05) is 22.2 Å². The van der Waals surface area contributed by atoms with Crippen molar-refractivity contribution in [3.63, 3.8) is 0 Å². The summed E-state index contributed by atoms with van der Waals surface area (Å²) in [5, 5.41) is 9.65. The quantitative estimate of drug-likeness (QED) is 0.496. The second kappa shape index (κ2) is 6.71. The molecule has 0 saturated heterocycles. The molecule has 4 rings (SSSR count). The van der Waals surface area contributed by atoms with Gasteiger partial charge in [-0.25, -0.2) is 4.68 Å². The highest BCUT2D eigenvalue weighted by atomic mass is 79.9. The number of hydrogen-bond donors (Lipinski definition) is 1. The van der Waals surface area contributed by atoms with Crippen LogP contribution in [-0.2, 0) is 6.42 Å². The summed E-state index contributed by atoms with van der Waals surface area (Å²) in [6.07, 6.45) is 3.32. The Kier molecular flexibility index (Phi) is 4.60. The molecule has 0 atom stereocenters. The molecule has 0 fully saturated rings. The number of nitrogens with zero attached hydrogens (tertiary/aromatic N) is 2. The van der Waals surface area contributed by atoms with Crippen LogP contribution in [0.5, 0.6) is 0 Å². The van der Waals surface area contributed by atoms with Crippen molar-refractivity contribution in [3.8, 4) is 16.3 Å². The van der Waals surface area contributed by atoms with Crippen LogP contribution < -0.4 is 5.32 Å². The number of fused-ring (bicyclic) bond motifs is 1. The lowest BCUT2D eigenvalue weighted by Gasteiger charge is -2.10. The van der Waals surface area contributed by atoms with Crippen molar-refractivity contribution in [2.45, 2.75) is 19.3 Å². The fourth-order valence-corrected chi connectivity index (χ4v) is 4.90. The molecule has 0 saturated carbocycles. The van der Waals surface area contributed by atoms with Crippen molar-refractivity contribution in [1.29, 1.82) is 0 Å². The largest absolute Gasteiger partial charge is 0.370 e. The van der Waals surface area contributed by atoms with Crippen LogP contribution in [-0.4, -0.2) is 16.3 Å². The van der Waals surface area contributed by atoms with Gasteiger partial charge in [-0.3, -0.25) is 0 Å². The van der Waals surface area contributed by atoms with Crippen molar-refractivity contribution in [3.05, 3.63) is 49.7 Å². The highest BCUT2D eigenvalue weighted by Gasteiger charge is 2.22. The lowest BCUT2D eigenvalue weighted by atomic mass is 10.1. The van der Waals surface area contributed by atoms with Gasteiger partial charge < -0.3 is 5.32 Å². The van der Waals surface area contributed by atoms with Crippen LogP contribution in [0.2, 0.25) is 10.0 Å². The fourth-order valence-electron chi connectivity index (χ4n) is 2.99. The molecule has 3 aromatic rings. The number of anilines is 1. The van der Waals surface area contributed by atoms with Gasteiger partial charge in [0.15, 0.2) is 0 Å². The molecule has 0 unspecified atom stereocenters. The first kappa shape index (κ1) is 16.5. The number of aromatic nitrogens is 2. The first-order valence-electron chi connectivity index (χ1n) is 7.70. The van der Waals surface area contributed by atoms with Gasteiger partial charge in [-0.1, -0.05) is 23.2 Å². The Morgan fingerprint density at radius 1 is 1.12 bits per heavy atom. The van der Waals surface area contributed by atoms with Crippen molar-refractivity contribution >= 4 is 56.3 Å². The third-order valence-electron chi connectivity index (χ3n) is 4.03. The van der Waals surface area contributed by atoms with Gasteiger partial charge in [0.05, 0.1) is 14.4 Å². The summed E-state index contributed by atoms with van der Waals surface area (Å²) in [6, 6.07) is 9.69. The Bertz CT molecular complexity index is 883. The zero-order valence-electron chi connectivity index (χ0n) is 12.7. The van der Waals surface area contributed by atoms with Crippen LogP contribution in [0.25, 0.3) is 16.3 Å². The van der Waals surface area contributed by atoms with Gasteiger partial charge in [-0.15, -0.1) is 11.3 Å². The maximum atomic E-state index is 6.19. The molecular weight excluding hydrogens is 429 g/mol. The van der Waals surface area contributed by atoms with Crippen molar-refractivity contribution in [1.82, 2.24) is 9.78 Å². The molecule has 0 radical (unpaired) electrons. The molecule has 1 N–H and O–H groups in total. The lowest BCUT2D eigenvalue weighted by molar-refractivity contribution is 0.780. The molecule has 1 aromatic carbocycles. The van der Waals surface area contributed by atoms with E-state index in [-0.39, 0.29) is 0 Å². The predicted octanol–water partition coefficient (Wildman–Crippen LogP) is 6.42. The third-order valence-corrected chi connectivity index (χ3v) is 6.09. The molecular formula is C17H14BrCl2N3S. The van der Waals surface area contributed by atoms with E-state index in [2.05, 4.69) is 33.4 Å². The van der Waals surface area contributed by atoms with E-state index in [1.165, 1.54) is 5.56 Å². The number of hydrogen-bond acceptors (Lipinski definition) is 3. The highest BCUT2D eigenvalue weighted by molar-refractivity contribution is 9.11. The van der Waals surface area contributed by atoms with Crippen LogP contribution in [0, 0.1) is 0 Å². The fraction of sp³-hybridized carbons (Fsp3) is 0.235. The summed E-state index contributed by atoms with van der Waals surface area (Å²) in [6.45, 7) is 0.945. The van der Waals surface area contributed by atoms with Crippen molar-refractivity contribution in [2.24, 2.45) is 0 Å². The third kappa shape index (κ3) is 3.10. The number of benzene rings is 1. The van der Waals surface area contributed by atoms with Gasteiger partial charge >= 0.3 is 0 Å². The van der Waals surface area contributed by atoms with E-state index in [0.29, 0.717) is 10.0 Å². The predicted molar refractivity (Wildman–Crippen MR) is 106 cm³/mol. The zero-order valence-corrected chi connectivity index (χ0v) is 16.6. The van der Waals surface area contributed by atoms with E-state index in [1.54, 1.807) is 17.4 Å². The highest BCUT2D eigenvalue weighted by Crippen LogP contribution is 2.38. The summed E-state index contributed by atoms with van der Waals surface area (Å²) in [4.78, 5) is 1.16. The standard InChI is InChI=1S/C17H14BrCl2N3S/c18-15-5-4-14(24-15)16-13-3-1-2-6-21-17(13)23(22-16)12-8-10(19)7-11(20)9-12/h4-5,7-9,21H,1-3,6H2. The molecule has 1 aliphatic rings. The average Bonchev–Trinajstić information content (AvgIpc) is 3.02. The monoisotopic (exact) mass is 441 g/mol. The molecule has 1 aliphatic heterocycles. The second-order valence-corrected chi connectivity index (χ2v) is 9.04. The summed E-state index contributed by atoms with van der Waals surface area (Å²) in [7, 11) is 0. The van der Waals surface area contributed by atoms with Crippen LogP contribution in [0.15, 0.2) is 34.1 Å². The molecule has 0 aliphatic carbocycles. The summed E-state index contributed by atoms with van der Waals surface area (Å²) >= 11 is 17.6. The van der Waals surface area contributed by atoms with Gasteiger partial charge in [0.25, 0.3) is 0 Å². The summed E-state index contributed by atoms with van der Waals surface area (Å²) < 4.78 is 3.04. The van der Waals surface area contributed by atoms with E-state index in [4.69, 9.17) is 28.3 Å². The average molecular weight is 443 g/mol. The topological polar surface area (TPSA) is 29.9 Å². The molecule has 24 heavy (non-hydrogen) atoms. The van der Waals surface area contributed by atoms with Crippen LogP contribution in [0.1, 0.15) is 18.4 Å². The molecule has 2 aromatic heterocycles. The van der Waals surface area contributed by atoms with Crippen molar-refractivity contribution in [2.75, 3.05) is 11.9 Å². The molecule has 3 nitrogen and oxygen atoms in total. The SMILES string of the molecule is Clc1cc(Cl)cc(-n2nc(-c3ccc(Br)s3)c3c2NCCCC3)c1. The van der Waals surface area contributed by atoms with E-state index < -0.39 is 0 Å². The summed E-state index contributed by atoms with van der Waals surface area (Å²) in [5.74, 6) is 1.05. The van der Waals surface area contributed by atoms with E-state index in [9.17, 15) is 0 Å². The lowest BCUT2D eigenvalue weighted by Crippen LogP contribution is -2.07. The normalized spacial score (nSPS) is 14.1. The Morgan fingerprint density at radius 2 is 1.92 bits per heavy atom. The maximum absolute atomic E-state index is 6.19. The molecule has 3 heterocycles. The van der Waals surface area contributed by atoms with Gasteiger partial charge in [-0.2, -0.15) is 5.10 Å². The number of halogens is 3. The Morgan fingerprint density at radius 3 is 2.62 bits per heavy atom. The van der Waals surface area contributed by atoms with Crippen LogP contribution >= 0.6 is 50.5 Å². The smallest absolute Gasteiger partial charge is 0.133 e. The van der Waals surface area contributed by atoms with Crippen LogP contribution in [0.3, 0.4) is 0 Å². The first-order valence-corrected chi connectivity index (χ1v) is 10.1. The molecule has 0 spiro atoms. The first-order chi connectivity index (χ1) is 11.6. The number of rotatable bonds is 2. The Balaban J connectivity index is 1.92. The van der Waals surface area contributed by atoms with Crippen LogP contribution in [0.4, 0.5) is 5.82 Å². The van der Waals surface area contributed by atoms with Gasteiger partial charge in [0.2, 0.25) is 0 Å². The second-order valence-electron chi connectivity index (χ2n) is 5.70. The number of thiophene rings is 1. The Labute approximate surface area is 162 Å². The Hall–Kier alpha value is -1.01. The van der Waals surface area contributed by atoms with Gasteiger partial charge in [-0.05, 0) is 65.5 Å². The van der Waals surface area contributed by atoms with Crippen molar-refractivity contribution < 1.29 is 0 Å².